The van der Waals surface area contributed by atoms with E-state index in [-0.39, 0.29) is 24.2 Å². The van der Waals surface area contributed by atoms with E-state index in [4.69, 9.17) is 10.5 Å². The maximum atomic E-state index is 13.5. The molecule has 0 aliphatic heterocycles. The second-order valence-corrected chi connectivity index (χ2v) is 8.21. The van der Waals surface area contributed by atoms with E-state index in [1.807, 2.05) is 4.72 Å². The summed E-state index contributed by atoms with van der Waals surface area (Å²) in [5.41, 5.74) is 2.95. The first-order valence-corrected chi connectivity index (χ1v) is 9.58. The van der Waals surface area contributed by atoms with Gasteiger partial charge in [0.15, 0.2) is 0 Å². The SMILES string of the molecule is CNS(=O)(=O)c1cc(OCC2(C(F)(F)F)CCCCC2)ccc1C(N)=O. The standard InChI is InChI=1S/C16H21F3N2O4S/c1-21-26(23,24)13-9-11(5-6-12(13)14(20)22)25-10-15(16(17,18)19)7-3-2-4-8-15/h5-6,9,21H,2-4,7-8,10H2,1H3,(H2,20,22). The predicted octanol–water partition coefficient (Wildman–Crippen LogP) is 2.59. The third-order valence-electron chi connectivity index (χ3n) is 4.70. The molecule has 146 valence electrons. The first-order chi connectivity index (χ1) is 12.0. The molecular weight excluding hydrogens is 373 g/mol. The van der Waals surface area contributed by atoms with E-state index in [2.05, 4.69) is 0 Å². The van der Waals surface area contributed by atoms with Crippen LogP contribution in [-0.2, 0) is 10.0 Å². The third-order valence-corrected chi connectivity index (χ3v) is 6.16. The maximum absolute atomic E-state index is 13.5. The predicted molar refractivity (Wildman–Crippen MR) is 88.3 cm³/mol. The average molecular weight is 394 g/mol. The number of carbonyl (C=O) groups is 1. The van der Waals surface area contributed by atoms with E-state index >= 15 is 0 Å². The Balaban J connectivity index is 2.32. The molecule has 1 aromatic rings. The number of benzene rings is 1. The van der Waals surface area contributed by atoms with Crippen LogP contribution in [0.4, 0.5) is 13.2 Å². The van der Waals surface area contributed by atoms with Crippen LogP contribution in [0.3, 0.4) is 0 Å². The van der Waals surface area contributed by atoms with Gasteiger partial charge in [-0.3, -0.25) is 4.79 Å². The van der Waals surface area contributed by atoms with Crippen molar-refractivity contribution in [2.24, 2.45) is 11.1 Å². The first kappa shape index (κ1) is 20.5. The fourth-order valence-corrected chi connectivity index (χ4v) is 4.04. The van der Waals surface area contributed by atoms with E-state index in [1.54, 1.807) is 0 Å². The Morgan fingerprint density at radius 3 is 2.38 bits per heavy atom. The summed E-state index contributed by atoms with van der Waals surface area (Å²) < 4.78 is 72.1. The molecule has 1 saturated carbocycles. The zero-order valence-electron chi connectivity index (χ0n) is 14.2. The second kappa shape index (κ2) is 7.43. The van der Waals surface area contributed by atoms with Crippen LogP contribution in [-0.4, -0.2) is 34.2 Å². The molecule has 1 aliphatic carbocycles. The smallest absolute Gasteiger partial charge is 0.397 e. The normalized spacial score (nSPS) is 17.7. The van der Waals surface area contributed by atoms with Gasteiger partial charge in [-0.15, -0.1) is 0 Å². The Morgan fingerprint density at radius 2 is 1.88 bits per heavy atom. The fraction of sp³-hybridized carbons (Fsp3) is 0.562. The molecule has 0 radical (unpaired) electrons. The molecule has 0 atom stereocenters. The van der Waals surface area contributed by atoms with Crippen molar-refractivity contribution in [3.8, 4) is 5.75 Å². The molecule has 0 bridgehead atoms. The second-order valence-electron chi connectivity index (χ2n) is 6.36. The number of primary amides is 1. The van der Waals surface area contributed by atoms with Gasteiger partial charge in [0.1, 0.15) is 12.4 Å². The number of sulfonamides is 1. The van der Waals surface area contributed by atoms with Crippen LogP contribution >= 0.6 is 0 Å². The summed E-state index contributed by atoms with van der Waals surface area (Å²) in [6.45, 7) is -0.606. The molecule has 1 fully saturated rings. The lowest BCUT2D eigenvalue weighted by Gasteiger charge is -2.38. The number of alkyl halides is 3. The van der Waals surface area contributed by atoms with Gasteiger partial charge in [0.05, 0.1) is 15.9 Å². The largest absolute Gasteiger partial charge is 0.493 e. The van der Waals surface area contributed by atoms with E-state index in [9.17, 15) is 26.4 Å². The Labute approximate surface area is 149 Å². The highest BCUT2D eigenvalue weighted by Gasteiger charge is 2.55. The van der Waals surface area contributed by atoms with Gasteiger partial charge in [0.25, 0.3) is 0 Å². The van der Waals surface area contributed by atoms with Gasteiger partial charge in [-0.25, -0.2) is 13.1 Å². The first-order valence-electron chi connectivity index (χ1n) is 8.09. The highest BCUT2D eigenvalue weighted by molar-refractivity contribution is 7.89. The van der Waals surface area contributed by atoms with E-state index in [0.29, 0.717) is 12.8 Å². The molecule has 1 aromatic carbocycles. The third kappa shape index (κ3) is 4.12. The number of amides is 1. The van der Waals surface area contributed by atoms with Crippen molar-refractivity contribution in [2.75, 3.05) is 13.7 Å². The van der Waals surface area contributed by atoms with Crippen molar-refractivity contribution in [3.05, 3.63) is 23.8 Å². The van der Waals surface area contributed by atoms with Gasteiger partial charge in [-0.1, -0.05) is 19.3 Å². The molecule has 3 N–H and O–H groups in total. The molecule has 1 aliphatic rings. The van der Waals surface area contributed by atoms with Crippen molar-refractivity contribution in [3.63, 3.8) is 0 Å². The van der Waals surface area contributed by atoms with Crippen molar-refractivity contribution in [1.82, 2.24) is 4.72 Å². The topological polar surface area (TPSA) is 98.5 Å². The lowest BCUT2D eigenvalue weighted by molar-refractivity contribution is -0.243. The average Bonchev–Trinajstić information content (AvgIpc) is 2.59. The molecular formula is C16H21F3N2O4S. The van der Waals surface area contributed by atoms with Crippen LogP contribution in [0.25, 0.3) is 0 Å². The summed E-state index contributed by atoms with van der Waals surface area (Å²) in [7, 11) is -2.89. The number of hydrogen-bond donors (Lipinski definition) is 2. The minimum absolute atomic E-state index is 0.0302. The van der Waals surface area contributed by atoms with E-state index in [0.717, 1.165) is 25.6 Å². The molecule has 26 heavy (non-hydrogen) atoms. The van der Waals surface area contributed by atoms with E-state index in [1.165, 1.54) is 6.07 Å². The number of ether oxygens (including phenoxy) is 1. The van der Waals surface area contributed by atoms with Crippen LogP contribution in [0, 0.1) is 5.41 Å². The fourth-order valence-electron chi connectivity index (χ4n) is 3.09. The zero-order valence-corrected chi connectivity index (χ0v) is 15.0. The number of carbonyl (C=O) groups excluding carboxylic acids is 1. The van der Waals surface area contributed by atoms with Gasteiger partial charge >= 0.3 is 6.18 Å². The number of hydrogen-bond acceptors (Lipinski definition) is 4. The molecule has 1 amide bonds. The molecule has 2 rings (SSSR count). The van der Waals surface area contributed by atoms with Crippen LogP contribution < -0.4 is 15.2 Å². The van der Waals surface area contributed by atoms with Crippen molar-refractivity contribution < 1.29 is 31.1 Å². The van der Waals surface area contributed by atoms with Gasteiger partial charge in [-0.05, 0) is 32.0 Å². The van der Waals surface area contributed by atoms with Crippen LogP contribution in [0.1, 0.15) is 42.5 Å². The summed E-state index contributed by atoms with van der Waals surface area (Å²) >= 11 is 0. The monoisotopic (exact) mass is 394 g/mol. The lowest BCUT2D eigenvalue weighted by atomic mass is 9.74. The Morgan fingerprint density at radius 1 is 1.27 bits per heavy atom. The van der Waals surface area contributed by atoms with E-state index < -0.39 is 39.0 Å². The number of rotatable bonds is 6. The summed E-state index contributed by atoms with van der Waals surface area (Å²) in [6, 6.07) is 3.38. The maximum Gasteiger partial charge on any atom is 0.397 e. The Bertz CT molecular complexity index is 772. The van der Waals surface area contributed by atoms with Crippen LogP contribution in [0.15, 0.2) is 23.1 Å². The van der Waals surface area contributed by atoms with Gasteiger partial charge in [-0.2, -0.15) is 13.2 Å². The van der Waals surface area contributed by atoms with Gasteiger partial charge in [0.2, 0.25) is 15.9 Å². The molecule has 0 saturated heterocycles. The zero-order chi connectivity index (χ0) is 19.6. The van der Waals surface area contributed by atoms with Gasteiger partial charge in [0, 0.05) is 6.07 Å². The lowest BCUT2D eigenvalue weighted by Crippen LogP contribution is -2.44. The van der Waals surface area contributed by atoms with Crippen LogP contribution in [0.5, 0.6) is 5.75 Å². The quantitative estimate of drug-likeness (QED) is 0.775. The van der Waals surface area contributed by atoms with Crippen molar-refractivity contribution >= 4 is 15.9 Å². The molecule has 10 heteroatoms. The summed E-state index contributed by atoms with van der Waals surface area (Å²) in [6.07, 6.45) is -2.81. The minimum atomic E-state index is -4.42. The molecule has 0 spiro atoms. The Hall–Kier alpha value is -1.81. The molecule has 6 nitrogen and oxygen atoms in total. The number of nitrogens with two attached hydrogens (primary N) is 1. The van der Waals surface area contributed by atoms with Crippen molar-refractivity contribution in [2.45, 2.75) is 43.2 Å². The minimum Gasteiger partial charge on any atom is -0.493 e. The highest BCUT2D eigenvalue weighted by atomic mass is 32.2. The number of nitrogens with one attached hydrogen (secondary N) is 1. The molecule has 0 heterocycles. The molecule has 0 aromatic heterocycles. The molecule has 0 unspecified atom stereocenters. The van der Waals surface area contributed by atoms with Gasteiger partial charge < -0.3 is 10.5 Å². The number of halogens is 3. The Kier molecular flexibility index (Phi) is 5.86. The summed E-state index contributed by atoms with van der Waals surface area (Å²) in [4.78, 5) is 11.0. The summed E-state index contributed by atoms with van der Waals surface area (Å²) in [5.74, 6) is -1.04. The van der Waals surface area contributed by atoms with Crippen LogP contribution in [0.2, 0.25) is 0 Å². The highest BCUT2D eigenvalue weighted by Crippen LogP contribution is 2.49. The van der Waals surface area contributed by atoms with Crippen molar-refractivity contribution in [1.29, 1.82) is 0 Å². The summed E-state index contributed by atoms with van der Waals surface area (Å²) in [5, 5.41) is 0.